The van der Waals surface area contributed by atoms with E-state index in [9.17, 15) is 0 Å². The monoisotopic (exact) mass is 340 g/mol. The normalized spacial score (nSPS) is 14.9. The zero-order chi connectivity index (χ0) is 15.0. The number of hydrogen-bond acceptors (Lipinski definition) is 3. The largest absolute Gasteiger partial charge is 0.310 e. The molecule has 0 radical (unpaired) electrons. The van der Waals surface area contributed by atoms with Crippen LogP contribution in [-0.2, 0) is 6.54 Å². The molecule has 0 spiro atoms. The number of rotatable bonds is 5. The number of benzene rings is 1. The van der Waals surface area contributed by atoms with Gasteiger partial charge >= 0.3 is 0 Å². The van der Waals surface area contributed by atoms with Gasteiger partial charge in [-0.25, -0.2) is 4.98 Å². The van der Waals surface area contributed by atoms with Gasteiger partial charge in [-0.2, -0.15) is 0 Å². The van der Waals surface area contributed by atoms with Crippen molar-refractivity contribution in [1.29, 1.82) is 0 Å². The molecule has 1 aliphatic carbocycles. The molecule has 21 heavy (non-hydrogen) atoms. The van der Waals surface area contributed by atoms with E-state index in [0.717, 1.165) is 17.1 Å². The molecular formula is C16H18Cl2N2S. The van der Waals surface area contributed by atoms with Crippen molar-refractivity contribution in [3.05, 3.63) is 38.8 Å². The number of nitrogens with zero attached hydrogens (tertiary/aromatic N) is 1. The van der Waals surface area contributed by atoms with Crippen LogP contribution >= 0.6 is 34.5 Å². The van der Waals surface area contributed by atoms with E-state index in [1.165, 1.54) is 23.4 Å². The number of nitrogens with one attached hydrogen (secondary N) is 1. The second kappa shape index (κ2) is 6.25. The number of aromatic nitrogens is 1. The van der Waals surface area contributed by atoms with E-state index in [2.05, 4.69) is 19.2 Å². The first kappa shape index (κ1) is 15.3. The molecule has 0 saturated heterocycles. The van der Waals surface area contributed by atoms with E-state index in [1.54, 1.807) is 11.3 Å². The molecule has 0 atom stereocenters. The van der Waals surface area contributed by atoms with E-state index in [4.69, 9.17) is 28.2 Å². The van der Waals surface area contributed by atoms with Crippen molar-refractivity contribution >= 4 is 34.5 Å². The van der Waals surface area contributed by atoms with Crippen molar-refractivity contribution in [2.45, 2.75) is 45.2 Å². The maximum atomic E-state index is 6.12. The first-order valence-corrected chi connectivity index (χ1v) is 8.80. The quantitative estimate of drug-likeness (QED) is 0.777. The van der Waals surface area contributed by atoms with Crippen LogP contribution in [0, 0.1) is 0 Å². The summed E-state index contributed by atoms with van der Waals surface area (Å²) in [5, 5.41) is 5.70. The molecule has 5 heteroatoms. The Morgan fingerprint density at radius 1 is 1.29 bits per heavy atom. The number of halogens is 2. The molecule has 1 aromatic heterocycles. The Kier molecular flexibility index (Phi) is 4.55. The Labute approximate surface area is 139 Å². The molecule has 2 aromatic rings. The van der Waals surface area contributed by atoms with Crippen LogP contribution in [0.4, 0.5) is 0 Å². The molecule has 1 aliphatic rings. The third-order valence-corrected chi connectivity index (χ3v) is 5.39. The Balaban J connectivity index is 1.91. The number of hydrogen-bond donors (Lipinski definition) is 1. The predicted octanol–water partition coefficient (Wildman–Crippen LogP) is 5.49. The Morgan fingerprint density at radius 2 is 2.05 bits per heavy atom. The maximum Gasteiger partial charge on any atom is 0.123 e. The Hall–Kier alpha value is -0.610. The summed E-state index contributed by atoms with van der Waals surface area (Å²) in [5.74, 6) is 0.654. The average Bonchev–Trinajstić information content (AvgIpc) is 3.20. The molecule has 1 aromatic carbocycles. The van der Waals surface area contributed by atoms with Gasteiger partial charge in [-0.05, 0) is 25.0 Å². The van der Waals surface area contributed by atoms with Gasteiger partial charge in [0.1, 0.15) is 5.01 Å². The summed E-state index contributed by atoms with van der Waals surface area (Å²) in [6.45, 7) is 5.22. The molecular weight excluding hydrogens is 323 g/mol. The fourth-order valence-electron chi connectivity index (χ4n) is 2.22. The van der Waals surface area contributed by atoms with Gasteiger partial charge in [-0.1, -0.05) is 43.1 Å². The van der Waals surface area contributed by atoms with E-state index < -0.39 is 0 Å². The van der Waals surface area contributed by atoms with Crippen molar-refractivity contribution in [2.24, 2.45) is 0 Å². The molecule has 0 bridgehead atoms. The standard InChI is InChI=1S/C16H18Cl2N2S/c1-9(2)19-8-14-15(10-3-4-10)20-16(21-14)11-5-6-12(17)13(18)7-11/h5-7,9-10,19H,3-4,8H2,1-2H3. The minimum absolute atomic E-state index is 0.479. The predicted molar refractivity (Wildman–Crippen MR) is 91.5 cm³/mol. The van der Waals surface area contributed by atoms with Crippen molar-refractivity contribution in [3.63, 3.8) is 0 Å². The molecule has 3 rings (SSSR count). The van der Waals surface area contributed by atoms with Crippen LogP contribution in [0.25, 0.3) is 10.6 Å². The molecule has 1 fully saturated rings. The fraction of sp³-hybridized carbons (Fsp3) is 0.438. The zero-order valence-electron chi connectivity index (χ0n) is 12.1. The highest BCUT2D eigenvalue weighted by Gasteiger charge is 2.29. The molecule has 1 saturated carbocycles. The summed E-state index contributed by atoms with van der Waals surface area (Å²) in [7, 11) is 0. The first-order chi connectivity index (χ1) is 10.0. The minimum Gasteiger partial charge on any atom is -0.310 e. The van der Waals surface area contributed by atoms with E-state index in [1.807, 2.05) is 18.2 Å². The van der Waals surface area contributed by atoms with Crippen molar-refractivity contribution < 1.29 is 0 Å². The van der Waals surface area contributed by atoms with E-state index in [-0.39, 0.29) is 0 Å². The van der Waals surface area contributed by atoms with Crippen LogP contribution in [0.2, 0.25) is 10.0 Å². The molecule has 0 amide bonds. The van der Waals surface area contributed by atoms with Gasteiger partial charge in [0.15, 0.2) is 0 Å². The van der Waals surface area contributed by atoms with Crippen LogP contribution in [0.15, 0.2) is 18.2 Å². The van der Waals surface area contributed by atoms with Gasteiger partial charge in [0, 0.05) is 28.9 Å². The average molecular weight is 341 g/mol. The zero-order valence-corrected chi connectivity index (χ0v) is 14.4. The first-order valence-electron chi connectivity index (χ1n) is 7.23. The van der Waals surface area contributed by atoms with Crippen LogP contribution in [0.5, 0.6) is 0 Å². The van der Waals surface area contributed by atoms with Crippen molar-refractivity contribution in [2.75, 3.05) is 0 Å². The summed E-state index contributed by atoms with van der Waals surface area (Å²) in [6.07, 6.45) is 2.53. The second-order valence-electron chi connectivity index (χ2n) is 5.77. The number of thiazole rings is 1. The van der Waals surface area contributed by atoms with Gasteiger partial charge < -0.3 is 5.32 Å². The lowest BCUT2D eigenvalue weighted by Gasteiger charge is -2.07. The van der Waals surface area contributed by atoms with E-state index in [0.29, 0.717) is 22.0 Å². The lowest BCUT2D eigenvalue weighted by Crippen LogP contribution is -2.21. The Bertz CT molecular complexity index is 648. The third-order valence-electron chi connectivity index (χ3n) is 3.53. The van der Waals surface area contributed by atoms with Gasteiger partial charge in [0.05, 0.1) is 15.7 Å². The lowest BCUT2D eigenvalue weighted by molar-refractivity contribution is 0.590. The smallest absolute Gasteiger partial charge is 0.123 e. The van der Waals surface area contributed by atoms with Crippen molar-refractivity contribution in [3.8, 4) is 10.6 Å². The highest BCUT2D eigenvalue weighted by atomic mass is 35.5. The molecule has 1 heterocycles. The lowest BCUT2D eigenvalue weighted by atomic mass is 10.2. The highest BCUT2D eigenvalue weighted by molar-refractivity contribution is 7.15. The fourth-order valence-corrected chi connectivity index (χ4v) is 3.61. The SMILES string of the molecule is CC(C)NCc1sc(-c2ccc(Cl)c(Cl)c2)nc1C1CC1. The summed E-state index contributed by atoms with van der Waals surface area (Å²) in [4.78, 5) is 6.22. The topological polar surface area (TPSA) is 24.9 Å². The van der Waals surface area contributed by atoms with Crippen LogP contribution in [0.3, 0.4) is 0 Å². The van der Waals surface area contributed by atoms with Gasteiger partial charge in [0.2, 0.25) is 0 Å². The molecule has 112 valence electrons. The highest BCUT2D eigenvalue weighted by Crippen LogP contribution is 2.44. The summed E-state index contributed by atoms with van der Waals surface area (Å²) in [6, 6.07) is 6.21. The molecule has 0 unspecified atom stereocenters. The van der Waals surface area contributed by atoms with E-state index >= 15 is 0 Å². The molecule has 1 N–H and O–H groups in total. The third kappa shape index (κ3) is 3.59. The van der Waals surface area contributed by atoms with Crippen molar-refractivity contribution in [1.82, 2.24) is 10.3 Å². The van der Waals surface area contributed by atoms with Gasteiger partial charge in [-0.3, -0.25) is 0 Å². The Morgan fingerprint density at radius 3 is 2.67 bits per heavy atom. The van der Waals surface area contributed by atoms with Gasteiger partial charge in [-0.15, -0.1) is 11.3 Å². The summed E-state index contributed by atoms with van der Waals surface area (Å²) < 4.78 is 0. The summed E-state index contributed by atoms with van der Waals surface area (Å²) >= 11 is 13.9. The van der Waals surface area contributed by atoms with Crippen LogP contribution in [-0.4, -0.2) is 11.0 Å². The van der Waals surface area contributed by atoms with Crippen LogP contribution < -0.4 is 5.32 Å². The minimum atomic E-state index is 0.479. The molecule has 0 aliphatic heterocycles. The second-order valence-corrected chi connectivity index (χ2v) is 7.66. The molecule has 2 nitrogen and oxygen atoms in total. The maximum absolute atomic E-state index is 6.12. The van der Waals surface area contributed by atoms with Gasteiger partial charge in [0.25, 0.3) is 0 Å². The summed E-state index contributed by atoms with van der Waals surface area (Å²) in [5.41, 5.74) is 2.32. The van der Waals surface area contributed by atoms with Crippen LogP contribution in [0.1, 0.15) is 43.2 Å².